The molecule has 1 atom stereocenters. The van der Waals surface area contributed by atoms with Gasteiger partial charge < -0.3 is 25.3 Å². The van der Waals surface area contributed by atoms with Crippen molar-refractivity contribution in [2.24, 2.45) is 10.7 Å². The molecule has 0 aromatic rings. The van der Waals surface area contributed by atoms with Crippen LogP contribution >= 0.6 is 0 Å². The molecule has 0 saturated carbocycles. The summed E-state index contributed by atoms with van der Waals surface area (Å²) in [5, 5.41) is 3.09. The Labute approximate surface area is 114 Å². The van der Waals surface area contributed by atoms with Crippen molar-refractivity contribution >= 4 is 5.96 Å². The topological polar surface area (TPSA) is 78.1 Å². The monoisotopic (exact) mass is 271 g/mol. The fourth-order valence-corrected chi connectivity index (χ4v) is 2.30. The van der Waals surface area contributed by atoms with E-state index in [-0.39, 0.29) is 6.10 Å². The zero-order valence-electron chi connectivity index (χ0n) is 11.7. The van der Waals surface area contributed by atoms with Crippen LogP contribution in [-0.4, -0.2) is 50.8 Å². The van der Waals surface area contributed by atoms with E-state index >= 15 is 0 Å². The highest BCUT2D eigenvalue weighted by molar-refractivity contribution is 5.77. The summed E-state index contributed by atoms with van der Waals surface area (Å²) in [5.74, 6) is 0.0630. The highest BCUT2D eigenvalue weighted by Gasteiger charge is 2.42. The highest BCUT2D eigenvalue weighted by Crippen LogP contribution is 2.33. The lowest BCUT2D eigenvalue weighted by Crippen LogP contribution is -2.38. The van der Waals surface area contributed by atoms with Crippen molar-refractivity contribution in [3.8, 4) is 0 Å². The second-order valence-corrected chi connectivity index (χ2v) is 5.08. The summed E-state index contributed by atoms with van der Waals surface area (Å²) in [6, 6.07) is 0. The number of nitrogens with zero attached hydrogens (tertiary/aromatic N) is 1. The van der Waals surface area contributed by atoms with Gasteiger partial charge in [-0.05, 0) is 6.42 Å². The maximum atomic E-state index is 5.97. The summed E-state index contributed by atoms with van der Waals surface area (Å²) in [6.45, 7) is 5.56. The molecule has 2 fully saturated rings. The summed E-state index contributed by atoms with van der Waals surface area (Å²) in [6.07, 6.45) is 3.85. The van der Waals surface area contributed by atoms with Crippen molar-refractivity contribution in [3.05, 3.63) is 0 Å². The Kier molecular flexibility index (Phi) is 5.42. The van der Waals surface area contributed by atoms with E-state index in [9.17, 15) is 0 Å². The van der Waals surface area contributed by atoms with Crippen molar-refractivity contribution in [2.45, 2.75) is 44.5 Å². The molecule has 0 aromatic heterocycles. The zero-order valence-corrected chi connectivity index (χ0v) is 11.7. The van der Waals surface area contributed by atoms with Crippen molar-refractivity contribution in [3.63, 3.8) is 0 Å². The first-order chi connectivity index (χ1) is 9.24. The van der Waals surface area contributed by atoms with E-state index in [2.05, 4.69) is 17.2 Å². The van der Waals surface area contributed by atoms with Crippen molar-refractivity contribution < 1.29 is 14.2 Å². The SMILES string of the molecule is CCCCNC(N)=NCC1COC2(CCOCC2)O1. The van der Waals surface area contributed by atoms with E-state index in [0.717, 1.165) is 32.2 Å². The number of nitrogens with one attached hydrogen (secondary N) is 1. The van der Waals surface area contributed by atoms with E-state index in [1.54, 1.807) is 0 Å². The van der Waals surface area contributed by atoms with E-state index in [0.29, 0.717) is 32.3 Å². The van der Waals surface area contributed by atoms with E-state index in [1.165, 1.54) is 0 Å². The van der Waals surface area contributed by atoms with Crippen LogP contribution in [0, 0.1) is 0 Å². The van der Waals surface area contributed by atoms with Crippen LogP contribution in [0.15, 0.2) is 4.99 Å². The molecule has 6 heteroatoms. The molecular weight excluding hydrogens is 246 g/mol. The van der Waals surface area contributed by atoms with Crippen LogP contribution in [0.5, 0.6) is 0 Å². The smallest absolute Gasteiger partial charge is 0.188 e. The fraction of sp³-hybridized carbons (Fsp3) is 0.923. The molecule has 0 aromatic carbocycles. The first-order valence-corrected chi connectivity index (χ1v) is 7.17. The Hall–Kier alpha value is -0.850. The maximum Gasteiger partial charge on any atom is 0.188 e. The van der Waals surface area contributed by atoms with Crippen LogP contribution in [-0.2, 0) is 14.2 Å². The van der Waals surface area contributed by atoms with Gasteiger partial charge in [0.15, 0.2) is 11.7 Å². The average molecular weight is 271 g/mol. The number of nitrogens with two attached hydrogens (primary N) is 1. The predicted octanol–water partition coefficient (Wildman–Crippen LogP) is 0.613. The molecule has 2 saturated heterocycles. The summed E-state index contributed by atoms with van der Waals surface area (Å²) in [4.78, 5) is 4.30. The minimum atomic E-state index is -0.428. The quantitative estimate of drug-likeness (QED) is 0.435. The van der Waals surface area contributed by atoms with Gasteiger partial charge in [0.1, 0.15) is 6.10 Å². The summed E-state index contributed by atoms with van der Waals surface area (Å²) >= 11 is 0. The van der Waals surface area contributed by atoms with Crippen LogP contribution in [0.2, 0.25) is 0 Å². The maximum absolute atomic E-state index is 5.97. The minimum absolute atomic E-state index is 0.00428. The van der Waals surface area contributed by atoms with Gasteiger partial charge in [0.05, 0.1) is 26.4 Å². The molecule has 110 valence electrons. The van der Waals surface area contributed by atoms with E-state index < -0.39 is 5.79 Å². The number of hydrogen-bond acceptors (Lipinski definition) is 4. The molecule has 0 aliphatic carbocycles. The van der Waals surface area contributed by atoms with Gasteiger partial charge >= 0.3 is 0 Å². The Balaban J connectivity index is 1.71. The van der Waals surface area contributed by atoms with E-state index in [4.69, 9.17) is 19.9 Å². The summed E-state index contributed by atoms with van der Waals surface area (Å²) in [7, 11) is 0. The lowest BCUT2D eigenvalue weighted by atomic mass is 10.1. The molecule has 0 radical (unpaired) electrons. The largest absolute Gasteiger partial charge is 0.381 e. The molecule has 0 bridgehead atoms. The van der Waals surface area contributed by atoms with Gasteiger partial charge in [-0.1, -0.05) is 13.3 Å². The van der Waals surface area contributed by atoms with Crippen LogP contribution < -0.4 is 11.1 Å². The molecule has 3 N–H and O–H groups in total. The standard InChI is InChI=1S/C13H25N3O3/c1-2-3-6-15-12(14)16-9-11-10-18-13(19-11)4-7-17-8-5-13/h11H,2-10H2,1H3,(H3,14,15,16). The number of hydrogen-bond donors (Lipinski definition) is 2. The molecule has 19 heavy (non-hydrogen) atoms. The Bertz CT molecular complexity index is 304. The Morgan fingerprint density at radius 1 is 1.42 bits per heavy atom. The van der Waals surface area contributed by atoms with Crippen LogP contribution in [0.1, 0.15) is 32.6 Å². The number of rotatable bonds is 5. The van der Waals surface area contributed by atoms with Gasteiger partial charge in [0.2, 0.25) is 0 Å². The van der Waals surface area contributed by atoms with Gasteiger partial charge in [0.25, 0.3) is 0 Å². The number of unbranched alkanes of at least 4 members (excludes halogenated alkanes) is 1. The third-order valence-electron chi connectivity index (χ3n) is 3.47. The average Bonchev–Trinajstić information content (AvgIpc) is 2.81. The Morgan fingerprint density at radius 2 is 2.21 bits per heavy atom. The first-order valence-electron chi connectivity index (χ1n) is 7.17. The van der Waals surface area contributed by atoms with Gasteiger partial charge in [0, 0.05) is 19.4 Å². The number of guanidine groups is 1. The molecule has 1 spiro atoms. The summed E-state index contributed by atoms with van der Waals surface area (Å²) < 4.78 is 17.1. The normalized spacial score (nSPS) is 26.8. The summed E-state index contributed by atoms with van der Waals surface area (Å²) in [5.41, 5.74) is 5.79. The van der Waals surface area contributed by atoms with Crippen LogP contribution in [0.25, 0.3) is 0 Å². The fourth-order valence-electron chi connectivity index (χ4n) is 2.30. The molecule has 1 unspecified atom stereocenters. The molecule has 0 amide bonds. The minimum Gasteiger partial charge on any atom is -0.381 e. The van der Waals surface area contributed by atoms with Gasteiger partial charge in [-0.3, -0.25) is 4.99 Å². The first kappa shape index (κ1) is 14.6. The van der Waals surface area contributed by atoms with Gasteiger partial charge in [-0.15, -0.1) is 0 Å². The van der Waals surface area contributed by atoms with Gasteiger partial charge in [-0.25, -0.2) is 0 Å². The van der Waals surface area contributed by atoms with Crippen molar-refractivity contribution in [2.75, 3.05) is 32.9 Å². The van der Waals surface area contributed by atoms with Crippen LogP contribution in [0.4, 0.5) is 0 Å². The zero-order chi connectivity index (χ0) is 13.6. The molecule has 6 nitrogen and oxygen atoms in total. The van der Waals surface area contributed by atoms with Crippen LogP contribution in [0.3, 0.4) is 0 Å². The lowest BCUT2D eigenvalue weighted by Gasteiger charge is -2.31. The second-order valence-electron chi connectivity index (χ2n) is 5.08. The van der Waals surface area contributed by atoms with E-state index in [1.807, 2.05) is 0 Å². The molecular formula is C13H25N3O3. The predicted molar refractivity (Wildman–Crippen MR) is 73.0 cm³/mol. The third kappa shape index (κ3) is 4.33. The van der Waals surface area contributed by atoms with Crippen molar-refractivity contribution in [1.82, 2.24) is 5.32 Å². The van der Waals surface area contributed by atoms with Gasteiger partial charge in [-0.2, -0.15) is 0 Å². The number of aliphatic imine (C=N–C) groups is 1. The molecule has 2 aliphatic rings. The highest BCUT2D eigenvalue weighted by atomic mass is 16.7. The number of ether oxygens (including phenoxy) is 3. The van der Waals surface area contributed by atoms with Crippen molar-refractivity contribution in [1.29, 1.82) is 0 Å². The third-order valence-corrected chi connectivity index (χ3v) is 3.47. The molecule has 2 heterocycles. The molecule has 2 rings (SSSR count). The second kappa shape index (κ2) is 7.07. The lowest BCUT2D eigenvalue weighted by molar-refractivity contribution is -0.210. The Morgan fingerprint density at radius 3 is 2.95 bits per heavy atom. The molecule has 2 aliphatic heterocycles.